The standard InChI is InChI=1S/C24H34O5Si/c1-9-17-24(21(25)27-10-2,22(26)28-11-3)18-20(19-15-13-12-14-16-19)29-30(7,8)23(4,5)6/h1,12-16,18H,10-11,17H2,2-8H3/b20-18-. The first kappa shape index (κ1) is 25.5. The van der Waals surface area contributed by atoms with Crippen molar-refractivity contribution in [1.82, 2.24) is 0 Å². The monoisotopic (exact) mass is 430 g/mol. The van der Waals surface area contributed by atoms with Gasteiger partial charge in [0.25, 0.3) is 0 Å². The van der Waals surface area contributed by atoms with Crippen molar-refractivity contribution in [1.29, 1.82) is 0 Å². The molecule has 164 valence electrons. The normalized spacial score (nSPS) is 12.7. The molecule has 0 aliphatic rings. The average molecular weight is 431 g/mol. The lowest BCUT2D eigenvalue weighted by atomic mass is 9.83. The second-order valence-corrected chi connectivity index (χ2v) is 13.3. The molecule has 0 aliphatic carbocycles. The smallest absolute Gasteiger partial charge is 0.328 e. The fraction of sp³-hybridized carbons (Fsp3) is 0.500. The van der Waals surface area contributed by atoms with E-state index in [1.165, 1.54) is 6.08 Å². The predicted octanol–water partition coefficient (Wildman–Crippen LogP) is 5.19. The fourth-order valence-electron chi connectivity index (χ4n) is 2.50. The molecule has 30 heavy (non-hydrogen) atoms. The lowest BCUT2D eigenvalue weighted by molar-refractivity contribution is -0.167. The SMILES string of the molecule is C#CCC(/C=C(\O[Si](C)(C)C(C)(C)C)c1ccccc1)(C(=O)OCC)C(=O)OCC. The van der Waals surface area contributed by atoms with E-state index in [-0.39, 0.29) is 24.7 Å². The molecule has 6 heteroatoms. The van der Waals surface area contributed by atoms with Gasteiger partial charge < -0.3 is 13.9 Å². The van der Waals surface area contributed by atoms with Crippen molar-refractivity contribution in [2.75, 3.05) is 13.2 Å². The average Bonchev–Trinajstić information content (AvgIpc) is 2.66. The zero-order valence-electron chi connectivity index (χ0n) is 19.2. The summed E-state index contributed by atoms with van der Waals surface area (Å²) in [5, 5.41) is -0.0937. The van der Waals surface area contributed by atoms with Gasteiger partial charge in [0.15, 0.2) is 5.41 Å². The van der Waals surface area contributed by atoms with E-state index in [2.05, 4.69) is 39.8 Å². The number of benzene rings is 1. The van der Waals surface area contributed by atoms with Crippen molar-refractivity contribution >= 4 is 26.0 Å². The minimum atomic E-state index is -2.30. The van der Waals surface area contributed by atoms with Crippen molar-refractivity contribution < 1.29 is 23.5 Å². The maximum atomic E-state index is 13.0. The molecule has 0 saturated carbocycles. The summed E-state index contributed by atoms with van der Waals surface area (Å²) in [5.41, 5.74) is -1.04. The first-order valence-corrected chi connectivity index (χ1v) is 13.1. The maximum Gasteiger partial charge on any atom is 0.328 e. The van der Waals surface area contributed by atoms with E-state index < -0.39 is 25.7 Å². The Labute approximate surface area is 181 Å². The second kappa shape index (κ2) is 10.5. The Bertz CT molecular complexity index is 779. The van der Waals surface area contributed by atoms with E-state index in [4.69, 9.17) is 20.3 Å². The molecule has 0 heterocycles. The second-order valence-electron chi connectivity index (χ2n) is 8.53. The topological polar surface area (TPSA) is 61.8 Å². The molecule has 0 bridgehead atoms. The van der Waals surface area contributed by atoms with Crippen LogP contribution in [-0.4, -0.2) is 33.5 Å². The molecule has 0 saturated heterocycles. The van der Waals surface area contributed by atoms with Crippen molar-refractivity contribution in [2.24, 2.45) is 5.41 Å². The molecular formula is C24H34O5Si. The highest BCUT2D eigenvalue weighted by atomic mass is 28.4. The molecule has 1 aromatic rings. The molecule has 1 aromatic carbocycles. The van der Waals surface area contributed by atoms with Crippen LogP contribution in [0.3, 0.4) is 0 Å². The van der Waals surface area contributed by atoms with Gasteiger partial charge in [-0.3, -0.25) is 9.59 Å². The first-order valence-electron chi connectivity index (χ1n) is 10.2. The highest BCUT2D eigenvalue weighted by Crippen LogP contribution is 2.41. The summed E-state index contributed by atoms with van der Waals surface area (Å²) in [6.07, 6.45) is 6.87. The third-order valence-corrected chi connectivity index (χ3v) is 9.61. The van der Waals surface area contributed by atoms with Crippen molar-refractivity contribution in [3.63, 3.8) is 0 Å². The van der Waals surface area contributed by atoms with Crippen molar-refractivity contribution in [3.05, 3.63) is 42.0 Å². The van der Waals surface area contributed by atoms with E-state index in [0.29, 0.717) is 5.76 Å². The highest BCUT2D eigenvalue weighted by molar-refractivity contribution is 6.74. The van der Waals surface area contributed by atoms with Crippen LogP contribution in [0.25, 0.3) is 5.76 Å². The molecule has 0 atom stereocenters. The molecule has 5 nitrogen and oxygen atoms in total. The summed E-state index contributed by atoms with van der Waals surface area (Å²) in [4.78, 5) is 26.0. The number of carbonyl (C=O) groups is 2. The molecule has 0 radical (unpaired) electrons. The zero-order chi connectivity index (χ0) is 23.0. The van der Waals surface area contributed by atoms with Gasteiger partial charge in [0.2, 0.25) is 8.32 Å². The zero-order valence-corrected chi connectivity index (χ0v) is 20.2. The molecule has 1 rings (SSSR count). The number of hydrogen-bond donors (Lipinski definition) is 0. The number of terminal acetylenes is 1. The summed E-state index contributed by atoms with van der Waals surface area (Å²) in [6.45, 7) is 14.1. The van der Waals surface area contributed by atoms with Crippen LogP contribution in [0.1, 0.15) is 46.6 Å². The number of hydrogen-bond acceptors (Lipinski definition) is 5. The van der Waals surface area contributed by atoms with Crippen molar-refractivity contribution in [3.8, 4) is 12.3 Å². The number of ether oxygens (including phenoxy) is 2. The van der Waals surface area contributed by atoms with Crippen LogP contribution >= 0.6 is 0 Å². The minimum absolute atomic E-state index is 0.0937. The third kappa shape index (κ3) is 5.99. The Morgan fingerprint density at radius 3 is 1.93 bits per heavy atom. The van der Waals surface area contributed by atoms with Crippen LogP contribution in [0.2, 0.25) is 18.1 Å². The molecule has 0 aromatic heterocycles. The van der Waals surface area contributed by atoms with Gasteiger partial charge in [-0.2, -0.15) is 0 Å². The molecule has 0 fully saturated rings. The van der Waals surface area contributed by atoms with Crippen LogP contribution in [0, 0.1) is 17.8 Å². The summed E-state index contributed by atoms with van der Waals surface area (Å²) in [5.74, 6) is 1.39. The van der Waals surface area contributed by atoms with E-state index in [0.717, 1.165) is 5.56 Å². The highest BCUT2D eigenvalue weighted by Gasteiger charge is 2.48. The lowest BCUT2D eigenvalue weighted by Crippen LogP contribution is -2.43. The van der Waals surface area contributed by atoms with Gasteiger partial charge in [0.1, 0.15) is 5.76 Å². The third-order valence-electron chi connectivity index (χ3n) is 5.27. The molecule has 0 unspecified atom stereocenters. The number of carbonyl (C=O) groups excluding carboxylic acids is 2. The Hall–Kier alpha value is -2.52. The summed E-state index contributed by atoms with van der Waals surface area (Å²) in [6, 6.07) is 9.37. The summed E-state index contributed by atoms with van der Waals surface area (Å²) in [7, 11) is -2.30. The van der Waals surface area contributed by atoms with Crippen LogP contribution in [0.15, 0.2) is 36.4 Å². The largest absolute Gasteiger partial charge is 0.543 e. The number of rotatable bonds is 9. The quantitative estimate of drug-likeness (QED) is 0.177. The minimum Gasteiger partial charge on any atom is -0.543 e. The summed E-state index contributed by atoms with van der Waals surface area (Å²) >= 11 is 0. The molecule has 0 N–H and O–H groups in total. The van der Waals surface area contributed by atoms with Gasteiger partial charge in [0.05, 0.1) is 13.2 Å². The van der Waals surface area contributed by atoms with E-state index in [9.17, 15) is 9.59 Å². The van der Waals surface area contributed by atoms with Gasteiger partial charge in [-0.15, -0.1) is 12.3 Å². The Kier molecular flexibility index (Phi) is 8.92. The van der Waals surface area contributed by atoms with Gasteiger partial charge in [0, 0.05) is 12.0 Å². The molecule has 0 spiro atoms. The van der Waals surface area contributed by atoms with Crippen LogP contribution < -0.4 is 0 Å². The van der Waals surface area contributed by atoms with Gasteiger partial charge >= 0.3 is 11.9 Å². The van der Waals surface area contributed by atoms with E-state index >= 15 is 0 Å². The summed E-state index contributed by atoms with van der Waals surface area (Å²) < 4.78 is 17.0. The van der Waals surface area contributed by atoms with Gasteiger partial charge in [-0.25, -0.2) is 0 Å². The van der Waals surface area contributed by atoms with Crippen LogP contribution in [-0.2, 0) is 23.5 Å². The predicted molar refractivity (Wildman–Crippen MR) is 122 cm³/mol. The Morgan fingerprint density at radius 2 is 1.53 bits per heavy atom. The van der Waals surface area contributed by atoms with E-state index in [1.807, 2.05) is 30.3 Å². The first-order chi connectivity index (χ1) is 13.9. The Balaban J connectivity index is 3.75. The molecule has 0 aliphatic heterocycles. The van der Waals surface area contributed by atoms with Crippen molar-refractivity contribution in [2.45, 2.75) is 59.2 Å². The lowest BCUT2D eigenvalue weighted by Gasteiger charge is -2.38. The van der Waals surface area contributed by atoms with Gasteiger partial charge in [-0.1, -0.05) is 51.1 Å². The maximum absolute atomic E-state index is 13.0. The Morgan fingerprint density at radius 1 is 1.03 bits per heavy atom. The number of esters is 2. The van der Waals surface area contributed by atoms with Crippen LogP contribution in [0.5, 0.6) is 0 Å². The van der Waals surface area contributed by atoms with E-state index in [1.54, 1.807) is 13.8 Å². The molecule has 0 amide bonds. The molecular weight excluding hydrogens is 396 g/mol. The van der Waals surface area contributed by atoms with Gasteiger partial charge in [-0.05, 0) is 38.1 Å². The fourth-order valence-corrected chi connectivity index (χ4v) is 3.54. The van der Waals surface area contributed by atoms with Crippen LogP contribution in [0.4, 0.5) is 0 Å².